The number of methoxy groups -OCH3 is 2. The molecule has 28 heavy (non-hydrogen) atoms. The molecule has 1 aliphatic heterocycles. The molecule has 8 nitrogen and oxygen atoms in total. The molecule has 0 unspecified atom stereocenters. The van der Waals surface area contributed by atoms with Gasteiger partial charge in [-0.15, -0.1) is 0 Å². The minimum atomic E-state index is -0.241. The summed E-state index contributed by atoms with van der Waals surface area (Å²) >= 11 is 0. The summed E-state index contributed by atoms with van der Waals surface area (Å²) in [5.41, 5.74) is 1.05. The lowest BCUT2D eigenvalue weighted by atomic mass is 10.1. The van der Waals surface area contributed by atoms with Crippen LogP contribution in [0.5, 0.6) is 28.7 Å². The second-order valence-electron chi connectivity index (χ2n) is 5.99. The minimum absolute atomic E-state index is 0.226. The lowest BCUT2D eigenvalue weighted by Crippen LogP contribution is -2.38. The number of hydrogen-bond acceptors (Lipinski definition) is 6. The minimum Gasteiger partial charge on any atom is -0.493 e. The molecule has 0 saturated heterocycles. The molecule has 0 fully saturated rings. The van der Waals surface area contributed by atoms with Crippen molar-refractivity contribution in [3.8, 4) is 28.7 Å². The average molecular weight is 388 g/mol. The number of hydrogen-bond donors (Lipinski definition) is 2. The van der Waals surface area contributed by atoms with E-state index in [1.54, 1.807) is 32.4 Å². The molecule has 0 radical (unpaired) electrons. The van der Waals surface area contributed by atoms with Crippen LogP contribution in [-0.2, 0) is 6.42 Å². The number of carbonyl (C=O) groups excluding carboxylic acids is 1. The van der Waals surface area contributed by atoms with Crippen LogP contribution in [0.15, 0.2) is 36.4 Å². The van der Waals surface area contributed by atoms with Crippen molar-refractivity contribution in [1.29, 1.82) is 0 Å². The molecule has 2 amide bonds. The van der Waals surface area contributed by atoms with E-state index in [4.69, 9.17) is 23.7 Å². The van der Waals surface area contributed by atoms with Crippen LogP contribution in [0.2, 0.25) is 0 Å². The normalized spacial score (nSPS) is 11.6. The first-order valence-corrected chi connectivity index (χ1v) is 8.94. The number of carbonyl (C=O) groups is 1. The van der Waals surface area contributed by atoms with Gasteiger partial charge in [0.15, 0.2) is 23.0 Å². The van der Waals surface area contributed by atoms with Crippen molar-refractivity contribution in [3.05, 3.63) is 42.0 Å². The fraction of sp³-hybridized carbons (Fsp3) is 0.350. The first-order chi connectivity index (χ1) is 13.7. The third-order valence-electron chi connectivity index (χ3n) is 4.15. The van der Waals surface area contributed by atoms with E-state index < -0.39 is 0 Å². The van der Waals surface area contributed by atoms with Crippen LogP contribution in [0, 0.1) is 0 Å². The van der Waals surface area contributed by atoms with Gasteiger partial charge >= 0.3 is 6.03 Å². The maximum Gasteiger partial charge on any atom is 0.314 e. The lowest BCUT2D eigenvalue weighted by Gasteiger charge is -2.11. The molecule has 150 valence electrons. The molecule has 0 aliphatic carbocycles. The van der Waals surface area contributed by atoms with Crippen LogP contribution in [0.4, 0.5) is 4.79 Å². The highest BCUT2D eigenvalue weighted by molar-refractivity contribution is 5.73. The van der Waals surface area contributed by atoms with Crippen LogP contribution in [0.25, 0.3) is 0 Å². The topological polar surface area (TPSA) is 87.3 Å². The van der Waals surface area contributed by atoms with Crippen LogP contribution in [0.1, 0.15) is 5.56 Å². The molecule has 0 bridgehead atoms. The Morgan fingerprint density at radius 2 is 1.75 bits per heavy atom. The van der Waals surface area contributed by atoms with Crippen molar-refractivity contribution in [2.45, 2.75) is 6.42 Å². The highest BCUT2D eigenvalue weighted by Crippen LogP contribution is 2.35. The van der Waals surface area contributed by atoms with E-state index in [-0.39, 0.29) is 12.8 Å². The monoisotopic (exact) mass is 388 g/mol. The zero-order valence-electron chi connectivity index (χ0n) is 15.9. The Morgan fingerprint density at radius 3 is 2.57 bits per heavy atom. The van der Waals surface area contributed by atoms with Crippen LogP contribution in [0.3, 0.4) is 0 Å². The van der Waals surface area contributed by atoms with Crippen molar-refractivity contribution in [1.82, 2.24) is 10.6 Å². The maximum absolute atomic E-state index is 11.9. The van der Waals surface area contributed by atoms with Crippen molar-refractivity contribution in [2.75, 3.05) is 40.7 Å². The number of amides is 2. The molecule has 0 aromatic heterocycles. The Kier molecular flexibility index (Phi) is 6.67. The molecule has 8 heteroatoms. The number of benzene rings is 2. The number of rotatable bonds is 9. The summed E-state index contributed by atoms with van der Waals surface area (Å²) in [6.45, 7) is 1.47. The summed E-state index contributed by atoms with van der Waals surface area (Å²) in [7, 11) is 3.19. The maximum atomic E-state index is 11.9. The summed E-state index contributed by atoms with van der Waals surface area (Å²) in [6.07, 6.45) is 0.682. The molecule has 0 spiro atoms. The third-order valence-corrected chi connectivity index (χ3v) is 4.15. The highest BCUT2D eigenvalue weighted by atomic mass is 16.7. The van der Waals surface area contributed by atoms with Gasteiger partial charge < -0.3 is 34.3 Å². The molecular formula is C20H24N2O6. The van der Waals surface area contributed by atoms with E-state index in [0.717, 1.165) is 5.56 Å². The molecular weight excluding hydrogens is 364 g/mol. The Morgan fingerprint density at radius 1 is 0.964 bits per heavy atom. The van der Waals surface area contributed by atoms with Gasteiger partial charge in [-0.3, -0.25) is 0 Å². The van der Waals surface area contributed by atoms with Gasteiger partial charge in [0.1, 0.15) is 12.4 Å². The quantitative estimate of drug-likeness (QED) is 0.642. The predicted octanol–water partition coefficient (Wildman–Crippen LogP) is 2.35. The third kappa shape index (κ3) is 5.12. The summed E-state index contributed by atoms with van der Waals surface area (Å²) < 4.78 is 26.6. The van der Waals surface area contributed by atoms with E-state index in [1.165, 1.54) is 0 Å². The molecule has 1 heterocycles. The van der Waals surface area contributed by atoms with Gasteiger partial charge in [-0.25, -0.2) is 4.79 Å². The van der Waals surface area contributed by atoms with Crippen LogP contribution < -0.4 is 34.3 Å². The van der Waals surface area contributed by atoms with Gasteiger partial charge in [-0.2, -0.15) is 0 Å². The Bertz CT molecular complexity index is 811. The molecule has 2 aromatic carbocycles. The van der Waals surface area contributed by atoms with E-state index in [9.17, 15) is 4.79 Å². The standard InChI is InChI=1S/C20H24N2O6/c1-24-16-5-3-14(11-18(16)25-2)7-8-21-20(23)22-9-10-26-15-4-6-17-19(12-15)28-13-27-17/h3-6,11-12H,7-10,13H2,1-2H3,(H2,21,22,23). The molecule has 2 aromatic rings. The van der Waals surface area contributed by atoms with Gasteiger partial charge in [0.05, 0.1) is 20.8 Å². The molecule has 1 aliphatic rings. The van der Waals surface area contributed by atoms with E-state index in [0.29, 0.717) is 54.9 Å². The van der Waals surface area contributed by atoms with Gasteiger partial charge in [0.2, 0.25) is 6.79 Å². The van der Waals surface area contributed by atoms with Crippen molar-refractivity contribution in [3.63, 3.8) is 0 Å². The van der Waals surface area contributed by atoms with Gasteiger partial charge in [-0.05, 0) is 36.2 Å². The van der Waals surface area contributed by atoms with Gasteiger partial charge in [0, 0.05) is 12.6 Å². The SMILES string of the molecule is COc1ccc(CCNC(=O)NCCOc2ccc3c(c2)OCO3)cc1OC. The van der Waals surface area contributed by atoms with Crippen molar-refractivity contribution in [2.24, 2.45) is 0 Å². The fourth-order valence-corrected chi connectivity index (χ4v) is 2.72. The number of fused-ring (bicyclic) bond motifs is 1. The summed E-state index contributed by atoms with van der Waals surface area (Å²) in [5, 5.41) is 5.57. The first kappa shape index (κ1) is 19.5. The van der Waals surface area contributed by atoms with E-state index in [1.807, 2.05) is 18.2 Å². The second-order valence-corrected chi connectivity index (χ2v) is 5.99. The zero-order chi connectivity index (χ0) is 19.8. The lowest BCUT2D eigenvalue weighted by molar-refractivity contribution is 0.173. The predicted molar refractivity (Wildman–Crippen MR) is 103 cm³/mol. The van der Waals surface area contributed by atoms with Crippen molar-refractivity contribution >= 4 is 6.03 Å². The molecule has 0 saturated carbocycles. The molecule has 0 atom stereocenters. The van der Waals surface area contributed by atoms with Crippen LogP contribution in [-0.4, -0.2) is 46.7 Å². The Labute approximate surface area is 163 Å². The number of nitrogens with one attached hydrogen (secondary N) is 2. The number of ether oxygens (including phenoxy) is 5. The Balaban J connectivity index is 1.32. The molecule has 3 rings (SSSR count). The average Bonchev–Trinajstić information content (AvgIpc) is 3.19. The summed E-state index contributed by atoms with van der Waals surface area (Å²) in [4.78, 5) is 11.9. The smallest absolute Gasteiger partial charge is 0.314 e. The Hall–Kier alpha value is -3.29. The van der Waals surface area contributed by atoms with Gasteiger partial charge in [0.25, 0.3) is 0 Å². The second kappa shape index (κ2) is 9.59. The van der Waals surface area contributed by atoms with Crippen LogP contribution >= 0.6 is 0 Å². The fourth-order valence-electron chi connectivity index (χ4n) is 2.72. The number of urea groups is 1. The largest absolute Gasteiger partial charge is 0.493 e. The summed E-state index contributed by atoms with van der Waals surface area (Å²) in [6, 6.07) is 10.8. The van der Waals surface area contributed by atoms with E-state index in [2.05, 4.69) is 10.6 Å². The summed E-state index contributed by atoms with van der Waals surface area (Å²) in [5.74, 6) is 3.39. The van der Waals surface area contributed by atoms with Gasteiger partial charge in [-0.1, -0.05) is 6.07 Å². The van der Waals surface area contributed by atoms with E-state index >= 15 is 0 Å². The zero-order valence-corrected chi connectivity index (χ0v) is 15.9. The first-order valence-electron chi connectivity index (χ1n) is 8.94. The molecule has 2 N–H and O–H groups in total. The van der Waals surface area contributed by atoms with Crippen molar-refractivity contribution < 1.29 is 28.5 Å². The highest BCUT2D eigenvalue weighted by Gasteiger charge is 2.13.